The van der Waals surface area contributed by atoms with Crippen molar-refractivity contribution in [1.82, 2.24) is 5.32 Å². The maximum absolute atomic E-state index is 11.9. The van der Waals surface area contributed by atoms with Gasteiger partial charge in [0, 0.05) is 21.8 Å². The van der Waals surface area contributed by atoms with Gasteiger partial charge in [-0.15, -0.1) is 0 Å². The Labute approximate surface area is 109 Å². The predicted octanol–water partition coefficient (Wildman–Crippen LogP) is 1.92. The first-order valence-electron chi connectivity index (χ1n) is 5.43. The number of nitrogens with one attached hydrogen (secondary N) is 1. The van der Waals surface area contributed by atoms with Crippen LogP contribution in [0.15, 0.2) is 22.7 Å². The minimum absolute atomic E-state index is 0.0808. The number of nitrogens with two attached hydrogens (primary N) is 1. The highest BCUT2D eigenvalue weighted by Gasteiger charge is 2.12. The van der Waals surface area contributed by atoms with Crippen molar-refractivity contribution >= 4 is 27.5 Å². The summed E-state index contributed by atoms with van der Waals surface area (Å²) in [6.45, 7) is 3.55. The van der Waals surface area contributed by atoms with Crippen LogP contribution in [0.1, 0.15) is 30.6 Å². The largest absolute Gasteiger partial charge is 0.399 e. The number of halogens is 1. The van der Waals surface area contributed by atoms with E-state index in [1.165, 1.54) is 0 Å². The summed E-state index contributed by atoms with van der Waals surface area (Å²) in [4.78, 5) is 11.9. The van der Waals surface area contributed by atoms with E-state index < -0.39 is 6.10 Å². The molecule has 0 aromatic heterocycles. The zero-order valence-corrected chi connectivity index (χ0v) is 11.5. The highest BCUT2D eigenvalue weighted by molar-refractivity contribution is 9.10. The molecule has 1 aromatic rings. The summed E-state index contributed by atoms with van der Waals surface area (Å²) in [7, 11) is 0. The van der Waals surface area contributed by atoms with Gasteiger partial charge in [-0.2, -0.15) is 0 Å². The van der Waals surface area contributed by atoms with Gasteiger partial charge in [-0.1, -0.05) is 15.9 Å². The quantitative estimate of drug-likeness (QED) is 0.744. The van der Waals surface area contributed by atoms with E-state index in [1.54, 1.807) is 25.1 Å². The van der Waals surface area contributed by atoms with Crippen molar-refractivity contribution in [2.75, 3.05) is 5.73 Å². The van der Waals surface area contributed by atoms with Gasteiger partial charge in [0.25, 0.3) is 5.91 Å². The van der Waals surface area contributed by atoms with Crippen LogP contribution in [0.3, 0.4) is 0 Å². The molecule has 4 N–H and O–H groups in total. The Morgan fingerprint density at radius 2 is 2.12 bits per heavy atom. The van der Waals surface area contributed by atoms with Gasteiger partial charge in [0.2, 0.25) is 0 Å². The van der Waals surface area contributed by atoms with Crippen molar-refractivity contribution in [2.24, 2.45) is 0 Å². The number of carbonyl (C=O) groups excluding carboxylic acids is 1. The number of anilines is 1. The fraction of sp³-hybridized carbons (Fsp3) is 0.417. The van der Waals surface area contributed by atoms with E-state index in [0.717, 1.165) is 4.47 Å². The molecule has 0 aliphatic heterocycles. The van der Waals surface area contributed by atoms with Crippen molar-refractivity contribution in [1.29, 1.82) is 0 Å². The van der Waals surface area contributed by atoms with Crippen LogP contribution in [-0.4, -0.2) is 23.2 Å². The fourth-order valence-electron chi connectivity index (χ4n) is 1.62. The maximum Gasteiger partial charge on any atom is 0.251 e. The summed E-state index contributed by atoms with van der Waals surface area (Å²) in [6, 6.07) is 4.98. The molecule has 0 radical (unpaired) electrons. The van der Waals surface area contributed by atoms with Crippen LogP contribution in [-0.2, 0) is 0 Å². The van der Waals surface area contributed by atoms with Crippen LogP contribution in [0.25, 0.3) is 0 Å². The summed E-state index contributed by atoms with van der Waals surface area (Å²) in [5, 5.41) is 12.0. The summed E-state index contributed by atoms with van der Waals surface area (Å²) in [5.41, 5.74) is 6.70. The number of benzene rings is 1. The van der Waals surface area contributed by atoms with E-state index in [2.05, 4.69) is 21.2 Å². The van der Waals surface area contributed by atoms with E-state index in [-0.39, 0.29) is 11.9 Å². The first-order chi connectivity index (χ1) is 7.88. The number of hydrogen-bond donors (Lipinski definition) is 3. The van der Waals surface area contributed by atoms with Crippen molar-refractivity contribution in [3.8, 4) is 0 Å². The van der Waals surface area contributed by atoms with Gasteiger partial charge in [-0.3, -0.25) is 4.79 Å². The average Bonchev–Trinajstić information content (AvgIpc) is 2.14. The van der Waals surface area contributed by atoms with Crippen LogP contribution in [0.5, 0.6) is 0 Å². The second-order valence-electron chi connectivity index (χ2n) is 4.23. The lowest BCUT2D eigenvalue weighted by Gasteiger charge is -2.15. The molecule has 2 atom stereocenters. The first-order valence-corrected chi connectivity index (χ1v) is 6.22. The molecule has 0 fully saturated rings. The zero-order valence-electron chi connectivity index (χ0n) is 9.90. The molecule has 0 aliphatic rings. The van der Waals surface area contributed by atoms with Gasteiger partial charge in [0.05, 0.1) is 6.10 Å². The minimum atomic E-state index is -0.433. The van der Waals surface area contributed by atoms with Crippen LogP contribution < -0.4 is 11.1 Å². The van der Waals surface area contributed by atoms with Gasteiger partial charge in [-0.05, 0) is 38.5 Å². The molecule has 0 spiro atoms. The Morgan fingerprint density at radius 3 is 2.65 bits per heavy atom. The van der Waals surface area contributed by atoms with E-state index in [0.29, 0.717) is 17.7 Å². The standard InChI is InChI=1S/C12H17BrN2O2/c1-7(3-8(2)16)15-12(17)9-4-10(13)6-11(14)5-9/h4-8,16H,3,14H2,1-2H3,(H,15,17). The number of aliphatic hydroxyl groups excluding tert-OH is 1. The van der Waals surface area contributed by atoms with Gasteiger partial charge in [0.15, 0.2) is 0 Å². The number of hydrogen-bond acceptors (Lipinski definition) is 3. The topological polar surface area (TPSA) is 75.3 Å². The monoisotopic (exact) mass is 300 g/mol. The highest BCUT2D eigenvalue weighted by atomic mass is 79.9. The summed E-state index contributed by atoms with van der Waals surface area (Å²) in [6.07, 6.45) is 0.0905. The van der Waals surface area contributed by atoms with Crippen molar-refractivity contribution in [3.63, 3.8) is 0 Å². The number of carbonyl (C=O) groups is 1. The van der Waals surface area contributed by atoms with E-state index in [4.69, 9.17) is 5.73 Å². The molecule has 2 unspecified atom stereocenters. The van der Waals surface area contributed by atoms with Gasteiger partial charge >= 0.3 is 0 Å². The molecule has 1 rings (SSSR count). The van der Waals surface area contributed by atoms with Crippen molar-refractivity contribution < 1.29 is 9.90 Å². The molecule has 0 saturated carbocycles. The molecular formula is C12H17BrN2O2. The van der Waals surface area contributed by atoms with Crippen LogP contribution in [0, 0.1) is 0 Å². The minimum Gasteiger partial charge on any atom is -0.399 e. The summed E-state index contributed by atoms with van der Waals surface area (Å²) < 4.78 is 0.769. The van der Waals surface area contributed by atoms with Gasteiger partial charge in [0.1, 0.15) is 0 Å². The third-order valence-corrected chi connectivity index (χ3v) is 2.71. The normalized spacial score (nSPS) is 14.1. The number of aliphatic hydroxyl groups is 1. The van der Waals surface area contributed by atoms with E-state index in [1.807, 2.05) is 6.92 Å². The van der Waals surface area contributed by atoms with E-state index >= 15 is 0 Å². The van der Waals surface area contributed by atoms with Crippen molar-refractivity contribution in [3.05, 3.63) is 28.2 Å². The fourth-order valence-corrected chi connectivity index (χ4v) is 2.13. The Bertz CT molecular complexity index is 387. The number of amides is 1. The Kier molecular flexibility index (Phi) is 4.96. The molecular weight excluding hydrogens is 284 g/mol. The number of nitrogen functional groups attached to an aromatic ring is 1. The third-order valence-electron chi connectivity index (χ3n) is 2.25. The predicted molar refractivity (Wildman–Crippen MR) is 71.8 cm³/mol. The Morgan fingerprint density at radius 1 is 1.47 bits per heavy atom. The molecule has 5 heteroatoms. The highest BCUT2D eigenvalue weighted by Crippen LogP contribution is 2.17. The lowest BCUT2D eigenvalue weighted by molar-refractivity contribution is 0.0923. The molecule has 94 valence electrons. The molecule has 0 aliphatic carbocycles. The van der Waals surface area contributed by atoms with Gasteiger partial charge in [-0.25, -0.2) is 0 Å². The molecule has 0 heterocycles. The smallest absolute Gasteiger partial charge is 0.251 e. The Balaban J connectivity index is 2.69. The molecule has 0 bridgehead atoms. The molecule has 17 heavy (non-hydrogen) atoms. The molecule has 4 nitrogen and oxygen atoms in total. The van der Waals surface area contributed by atoms with Gasteiger partial charge < -0.3 is 16.2 Å². The molecule has 1 aromatic carbocycles. The first kappa shape index (κ1) is 14.0. The lowest BCUT2D eigenvalue weighted by atomic mass is 10.1. The van der Waals surface area contributed by atoms with E-state index in [9.17, 15) is 9.90 Å². The second-order valence-corrected chi connectivity index (χ2v) is 5.15. The zero-order chi connectivity index (χ0) is 13.0. The number of rotatable bonds is 4. The second kappa shape index (κ2) is 6.02. The Hall–Kier alpha value is -1.07. The molecule has 1 amide bonds. The maximum atomic E-state index is 11.9. The summed E-state index contributed by atoms with van der Waals surface area (Å²) in [5.74, 6) is -0.189. The van der Waals surface area contributed by atoms with Crippen LogP contribution >= 0.6 is 15.9 Å². The lowest BCUT2D eigenvalue weighted by Crippen LogP contribution is -2.34. The van der Waals surface area contributed by atoms with Crippen LogP contribution in [0.4, 0.5) is 5.69 Å². The van der Waals surface area contributed by atoms with Crippen molar-refractivity contribution in [2.45, 2.75) is 32.4 Å². The van der Waals surface area contributed by atoms with Crippen LogP contribution in [0.2, 0.25) is 0 Å². The third kappa shape index (κ3) is 4.75. The SMILES string of the molecule is CC(O)CC(C)NC(=O)c1cc(N)cc(Br)c1. The summed E-state index contributed by atoms with van der Waals surface area (Å²) >= 11 is 3.29. The molecule has 0 saturated heterocycles. The average molecular weight is 301 g/mol.